The molecule has 35 heavy (non-hydrogen) atoms. The molecule has 0 saturated heterocycles. The van der Waals surface area contributed by atoms with E-state index in [0.29, 0.717) is 24.1 Å². The van der Waals surface area contributed by atoms with E-state index in [-0.39, 0.29) is 5.91 Å². The molecule has 2 heterocycles. The van der Waals surface area contributed by atoms with Crippen LogP contribution < -0.4 is 10.2 Å². The van der Waals surface area contributed by atoms with Gasteiger partial charge >= 0.3 is 0 Å². The largest absolute Gasteiger partial charge is 0.369 e. The van der Waals surface area contributed by atoms with Crippen molar-refractivity contribution in [3.63, 3.8) is 0 Å². The van der Waals surface area contributed by atoms with E-state index >= 15 is 0 Å². The minimum atomic E-state index is -0.0207. The van der Waals surface area contributed by atoms with Gasteiger partial charge in [0.1, 0.15) is 0 Å². The topological polar surface area (TPSA) is 86.8 Å². The minimum Gasteiger partial charge on any atom is -0.369 e. The van der Waals surface area contributed by atoms with Crippen molar-refractivity contribution in [2.24, 2.45) is 11.8 Å². The van der Waals surface area contributed by atoms with Crippen LogP contribution in [0.3, 0.4) is 0 Å². The minimum absolute atomic E-state index is 0.0207. The van der Waals surface area contributed by atoms with Gasteiger partial charge in [0, 0.05) is 23.5 Å². The first-order valence-electron chi connectivity index (χ1n) is 12.0. The number of nitrogens with zero attached hydrogens (tertiary/aromatic N) is 4. The van der Waals surface area contributed by atoms with Gasteiger partial charge in [-0.2, -0.15) is 0 Å². The molecular formula is C27H32N6OS. The third-order valence-electron chi connectivity index (χ3n) is 5.54. The number of hydrogen-bond donors (Lipinski definition) is 2. The number of carbonyl (C=O) groups excluding carboxylic acids is 1. The summed E-state index contributed by atoms with van der Waals surface area (Å²) in [4.78, 5) is 16.5. The molecule has 0 aliphatic rings. The van der Waals surface area contributed by atoms with Gasteiger partial charge in [-0.15, -0.1) is 16.4 Å². The lowest BCUT2D eigenvalue weighted by molar-refractivity contribution is -0.115. The second kappa shape index (κ2) is 11.3. The molecule has 182 valence electrons. The third kappa shape index (κ3) is 6.33. The quantitative estimate of drug-likeness (QED) is 0.290. The highest BCUT2D eigenvalue weighted by Crippen LogP contribution is 2.36. The summed E-state index contributed by atoms with van der Waals surface area (Å²) in [5, 5.41) is 19.6. The summed E-state index contributed by atoms with van der Waals surface area (Å²) in [6, 6.07) is 18.3. The zero-order chi connectivity index (χ0) is 24.8. The van der Waals surface area contributed by atoms with Crippen LogP contribution in [0, 0.1) is 11.8 Å². The van der Waals surface area contributed by atoms with Crippen molar-refractivity contribution in [2.45, 2.75) is 34.1 Å². The van der Waals surface area contributed by atoms with Crippen LogP contribution in [-0.4, -0.2) is 39.6 Å². The predicted molar refractivity (Wildman–Crippen MR) is 144 cm³/mol. The van der Waals surface area contributed by atoms with Crippen LogP contribution >= 0.6 is 11.3 Å². The van der Waals surface area contributed by atoms with Gasteiger partial charge in [-0.05, 0) is 57.0 Å². The number of aromatic nitrogens is 4. The van der Waals surface area contributed by atoms with Crippen molar-refractivity contribution in [3.8, 4) is 22.5 Å². The van der Waals surface area contributed by atoms with E-state index in [1.54, 1.807) is 11.3 Å². The van der Waals surface area contributed by atoms with Gasteiger partial charge in [0.2, 0.25) is 5.91 Å². The molecule has 4 aromatic rings. The lowest BCUT2D eigenvalue weighted by Gasteiger charge is -2.31. The molecule has 4 rings (SSSR count). The van der Waals surface area contributed by atoms with Crippen molar-refractivity contribution < 1.29 is 4.79 Å². The molecule has 7 nitrogen and oxygen atoms in total. The number of benzene rings is 2. The normalized spacial score (nSPS) is 11.3. The lowest BCUT2D eigenvalue weighted by Crippen LogP contribution is -2.32. The number of carbonyl (C=O) groups is 1. The van der Waals surface area contributed by atoms with Crippen LogP contribution in [0.5, 0.6) is 0 Å². The van der Waals surface area contributed by atoms with Gasteiger partial charge in [-0.3, -0.25) is 4.79 Å². The number of anilines is 2. The number of rotatable bonds is 10. The van der Waals surface area contributed by atoms with Gasteiger partial charge in [0.25, 0.3) is 0 Å². The number of thiophene rings is 1. The maximum Gasteiger partial charge on any atom is 0.229 e. The van der Waals surface area contributed by atoms with E-state index in [0.717, 1.165) is 46.0 Å². The van der Waals surface area contributed by atoms with Gasteiger partial charge in [0.15, 0.2) is 5.82 Å². The molecule has 0 aliphatic carbocycles. The first kappa shape index (κ1) is 24.6. The van der Waals surface area contributed by atoms with Gasteiger partial charge in [-0.1, -0.05) is 64.1 Å². The Hall–Kier alpha value is -3.52. The predicted octanol–water partition coefficient (Wildman–Crippen LogP) is 5.89. The molecule has 0 unspecified atom stereocenters. The summed E-state index contributed by atoms with van der Waals surface area (Å²) in [5.41, 5.74) is 4.74. The van der Waals surface area contributed by atoms with Crippen LogP contribution in [0.15, 0.2) is 60.0 Å². The van der Waals surface area contributed by atoms with Crippen molar-refractivity contribution in [3.05, 3.63) is 64.9 Å². The van der Waals surface area contributed by atoms with Crippen molar-refractivity contribution >= 4 is 28.6 Å². The summed E-state index contributed by atoms with van der Waals surface area (Å²) in [5.74, 6) is 1.56. The van der Waals surface area contributed by atoms with E-state index in [4.69, 9.17) is 0 Å². The number of hydrogen-bond acceptors (Lipinski definition) is 6. The molecule has 0 bridgehead atoms. The zero-order valence-electron chi connectivity index (χ0n) is 20.7. The SMILES string of the molecule is CC(C)CN(CC(C)C)c1ccc(-c2ccccc2-c2nnn[nH]2)cc1NC(=O)Cc1cccs1. The second-order valence-corrected chi connectivity index (χ2v) is 10.6. The first-order chi connectivity index (χ1) is 16.9. The Balaban J connectivity index is 1.75. The molecule has 0 radical (unpaired) electrons. The molecule has 0 spiro atoms. The summed E-state index contributed by atoms with van der Waals surface area (Å²) < 4.78 is 0. The molecule has 0 saturated carbocycles. The van der Waals surface area contributed by atoms with E-state index in [2.05, 4.69) is 76.7 Å². The first-order valence-corrected chi connectivity index (χ1v) is 12.8. The smallest absolute Gasteiger partial charge is 0.229 e. The highest BCUT2D eigenvalue weighted by molar-refractivity contribution is 7.10. The Morgan fingerprint density at radius 2 is 1.74 bits per heavy atom. The molecule has 2 aromatic carbocycles. The Kier molecular flexibility index (Phi) is 7.92. The number of tetrazole rings is 1. The summed E-state index contributed by atoms with van der Waals surface area (Å²) in [7, 11) is 0. The molecule has 2 N–H and O–H groups in total. The Bertz CT molecular complexity index is 1220. The molecule has 2 aromatic heterocycles. The molecule has 1 amide bonds. The van der Waals surface area contributed by atoms with E-state index in [1.807, 2.05) is 41.8 Å². The summed E-state index contributed by atoms with van der Waals surface area (Å²) in [6.45, 7) is 10.7. The van der Waals surface area contributed by atoms with Crippen molar-refractivity contribution in [2.75, 3.05) is 23.3 Å². The summed E-state index contributed by atoms with van der Waals surface area (Å²) >= 11 is 1.60. The average molecular weight is 489 g/mol. The van der Waals surface area contributed by atoms with E-state index in [1.165, 1.54) is 0 Å². The molecule has 0 fully saturated rings. The van der Waals surface area contributed by atoms with Crippen LogP contribution in [0.4, 0.5) is 11.4 Å². The van der Waals surface area contributed by atoms with E-state index in [9.17, 15) is 4.79 Å². The van der Waals surface area contributed by atoms with Crippen LogP contribution in [0.1, 0.15) is 32.6 Å². The lowest BCUT2D eigenvalue weighted by atomic mass is 9.97. The maximum atomic E-state index is 13.0. The highest BCUT2D eigenvalue weighted by Gasteiger charge is 2.19. The number of nitrogens with one attached hydrogen (secondary N) is 2. The van der Waals surface area contributed by atoms with E-state index < -0.39 is 0 Å². The fraction of sp³-hybridized carbons (Fsp3) is 0.333. The fourth-order valence-electron chi connectivity index (χ4n) is 4.21. The second-order valence-electron chi connectivity index (χ2n) is 9.52. The maximum absolute atomic E-state index is 13.0. The van der Waals surface area contributed by atoms with Crippen molar-refractivity contribution in [1.82, 2.24) is 20.6 Å². The number of aromatic amines is 1. The monoisotopic (exact) mass is 488 g/mol. The van der Waals surface area contributed by atoms with Crippen molar-refractivity contribution in [1.29, 1.82) is 0 Å². The molecule has 0 atom stereocenters. The Morgan fingerprint density at radius 1 is 1.00 bits per heavy atom. The Labute approximate surface area is 210 Å². The molecular weight excluding hydrogens is 456 g/mol. The van der Waals surface area contributed by atoms with Crippen LogP contribution in [0.2, 0.25) is 0 Å². The van der Waals surface area contributed by atoms with Gasteiger partial charge < -0.3 is 10.2 Å². The van der Waals surface area contributed by atoms with Gasteiger partial charge in [-0.25, -0.2) is 5.10 Å². The third-order valence-corrected chi connectivity index (χ3v) is 6.41. The van der Waals surface area contributed by atoms with Crippen LogP contribution in [-0.2, 0) is 11.2 Å². The fourth-order valence-corrected chi connectivity index (χ4v) is 4.92. The number of amides is 1. The summed E-state index contributed by atoms with van der Waals surface area (Å²) in [6.07, 6.45) is 0.357. The zero-order valence-corrected chi connectivity index (χ0v) is 21.5. The van der Waals surface area contributed by atoms with Crippen LogP contribution in [0.25, 0.3) is 22.5 Å². The molecule has 0 aliphatic heterocycles. The standard InChI is InChI=1S/C27H32N6OS/c1-18(2)16-33(17-19(3)4)25-12-11-20(14-24(25)28-26(34)15-21-8-7-13-35-21)22-9-5-6-10-23(22)27-29-31-32-30-27/h5-14,18-19H,15-17H2,1-4H3,(H,28,34)(H,29,30,31,32). The average Bonchev–Trinajstić information content (AvgIpc) is 3.52. The highest BCUT2D eigenvalue weighted by atomic mass is 32.1. The Morgan fingerprint density at radius 3 is 2.37 bits per heavy atom. The molecule has 8 heteroatoms. The van der Waals surface area contributed by atoms with Gasteiger partial charge in [0.05, 0.1) is 17.8 Å². The number of H-pyrrole nitrogens is 1.